The zero-order chi connectivity index (χ0) is 19.7. The van der Waals surface area contributed by atoms with E-state index >= 15 is 0 Å². The van der Waals surface area contributed by atoms with E-state index < -0.39 is 17.5 Å². The zero-order valence-corrected chi connectivity index (χ0v) is 15.4. The number of carboxylic acids is 1. The second kappa shape index (κ2) is 9.65. The van der Waals surface area contributed by atoms with Crippen molar-refractivity contribution in [2.24, 2.45) is 0 Å². The Morgan fingerprint density at radius 2 is 1.92 bits per heavy atom. The number of carbonyl (C=O) groups excluding carboxylic acids is 2. The van der Waals surface area contributed by atoms with Crippen LogP contribution in [0.2, 0.25) is 0 Å². The molecule has 1 aliphatic heterocycles. The van der Waals surface area contributed by atoms with Crippen molar-refractivity contribution in [2.75, 3.05) is 19.6 Å². The van der Waals surface area contributed by atoms with Gasteiger partial charge >= 0.3 is 12.1 Å². The highest BCUT2D eigenvalue weighted by atomic mass is 16.6. The van der Waals surface area contributed by atoms with Crippen LogP contribution in [0.3, 0.4) is 0 Å². The van der Waals surface area contributed by atoms with E-state index in [1.54, 1.807) is 11.0 Å². The van der Waals surface area contributed by atoms with Crippen LogP contribution in [0.15, 0.2) is 11.8 Å². The highest BCUT2D eigenvalue weighted by Gasteiger charge is 2.26. The van der Waals surface area contributed by atoms with Crippen molar-refractivity contribution >= 4 is 18.0 Å². The Labute approximate surface area is 153 Å². The fourth-order valence-corrected chi connectivity index (χ4v) is 2.28. The maximum atomic E-state index is 12.0. The number of carboxylic acid groups (broad SMARTS) is 1. The van der Waals surface area contributed by atoms with Gasteiger partial charge in [-0.2, -0.15) is 5.26 Å². The lowest BCUT2D eigenvalue weighted by molar-refractivity contribution is -0.136. The minimum Gasteiger partial charge on any atom is -0.481 e. The van der Waals surface area contributed by atoms with Gasteiger partial charge in [0, 0.05) is 31.9 Å². The summed E-state index contributed by atoms with van der Waals surface area (Å²) in [5.74, 6) is -1.64. The molecule has 144 valence electrons. The number of nitrogens with zero attached hydrogens (tertiary/aromatic N) is 2. The standard InChI is InChI=1S/C17H26N4O5/c1-17(2,3)26-16(25)21-8-5-13(6-9-21)20-11-12(10-18)15(24)19-7-4-14(22)23/h11,13,20H,4-9H2,1-3H3,(H,19,24)(H,22,23)/b12-11-. The Hall–Kier alpha value is -2.76. The Morgan fingerprint density at radius 1 is 1.31 bits per heavy atom. The van der Waals surface area contributed by atoms with E-state index in [1.165, 1.54) is 6.20 Å². The molecule has 1 fully saturated rings. The molecule has 1 rings (SSSR count). The molecule has 26 heavy (non-hydrogen) atoms. The molecule has 0 radical (unpaired) electrons. The quantitative estimate of drug-likeness (QED) is 0.471. The summed E-state index contributed by atoms with van der Waals surface area (Å²) in [6, 6.07) is 1.82. The first-order chi connectivity index (χ1) is 12.1. The van der Waals surface area contributed by atoms with Crippen LogP contribution >= 0.6 is 0 Å². The molecule has 1 saturated heterocycles. The fourth-order valence-electron chi connectivity index (χ4n) is 2.28. The van der Waals surface area contributed by atoms with Crippen molar-refractivity contribution in [2.45, 2.75) is 51.7 Å². The van der Waals surface area contributed by atoms with Gasteiger partial charge in [0.25, 0.3) is 5.91 Å². The van der Waals surface area contributed by atoms with E-state index in [4.69, 9.17) is 15.1 Å². The number of amides is 2. The molecule has 3 N–H and O–H groups in total. The highest BCUT2D eigenvalue weighted by Crippen LogP contribution is 2.15. The van der Waals surface area contributed by atoms with Gasteiger partial charge in [0.15, 0.2) is 0 Å². The minimum absolute atomic E-state index is 0.0313. The number of ether oxygens (including phenoxy) is 1. The molecular formula is C17H26N4O5. The van der Waals surface area contributed by atoms with Gasteiger partial charge in [-0.25, -0.2) is 4.79 Å². The SMILES string of the molecule is CC(C)(C)OC(=O)N1CCC(N/C=C(/C#N)C(=O)NCCC(=O)O)CC1. The highest BCUT2D eigenvalue weighted by molar-refractivity contribution is 5.97. The number of rotatable bonds is 6. The third-order valence-electron chi connectivity index (χ3n) is 3.60. The number of hydrogen-bond acceptors (Lipinski definition) is 6. The van der Waals surface area contributed by atoms with E-state index in [0.717, 1.165) is 0 Å². The number of nitriles is 1. The number of nitrogens with one attached hydrogen (secondary N) is 2. The summed E-state index contributed by atoms with van der Waals surface area (Å²) in [6.07, 6.45) is 2.11. The Kier molecular flexibility index (Phi) is 7.90. The van der Waals surface area contributed by atoms with Crippen LogP contribution < -0.4 is 10.6 Å². The summed E-state index contributed by atoms with van der Waals surface area (Å²) in [6.45, 7) is 6.44. The maximum absolute atomic E-state index is 12.0. The van der Waals surface area contributed by atoms with Crippen molar-refractivity contribution < 1.29 is 24.2 Å². The molecule has 0 aromatic rings. The first-order valence-corrected chi connectivity index (χ1v) is 8.46. The second-order valence-electron chi connectivity index (χ2n) is 6.98. The van der Waals surface area contributed by atoms with E-state index in [2.05, 4.69) is 10.6 Å². The number of hydrogen-bond donors (Lipinski definition) is 3. The number of piperidine rings is 1. The molecule has 0 aromatic heterocycles. The predicted octanol–water partition coefficient (Wildman–Crippen LogP) is 0.974. The Bertz CT molecular complexity index is 595. The zero-order valence-electron chi connectivity index (χ0n) is 15.4. The molecule has 9 heteroatoms. The van der Waals surface area contributed by atoms with Crippen molar-refractivity contribution in [3.05, 3.63) is 11.8 Å². The minimum atomic E-state index is -1.03. The monoisotopic (exact) mass is 366 g/mol. The molecule has 0 saturated carbocycles. The van der Waals surface area contributed by atoms with Gasteiger partial charge in [0.1, 0.15) is 17.2 Å². The summed E-state index contributed by atoms with van der Waals surface area (Å²) in [7, 11) is 0. The average Bonchev–Trinajstić information content (AvgIpc) is 2.54. The summed E-state index contributed by atoms with van der Waals surface area (Å²) in [5, 5.41) is 23.0. The van der Waals surface area contributed by atoms with Gasteiger partial charge in [0.2, 0.25) is 0 Å². The lowest BCUT2D eigenvalue weighted by Gasteiger charge is -2.33. The van der Waals surface area contributed by atoms with Crippen molar-refractivity contribution in [1.82, 2.24) is 15.5 Å². The Morgan fingerprint density at radius 3 is 2.42 bits per heavy atom. The van der Waals surface area contributed by atoms with Crippen LogP contribution in [0.1, 0.15) is 40.0 Å². The van der Waals surface area contributed by atoms with Crippen LogP contribution in [-0.2, 0) is 14.3 Å². The van der Waals surface area contributed by atoms with E-state index in [1.807, 2.05) is 20.8 Å². The van der Waals surface area contributed by atoms with Gasteiger partial charge in [-0.05, 0) is 33.6 Å². The summed E-state index contributed by atoms with van der Waals surface area (Å²) in [4.78, 5) is 35.9. The molecule has 0 aromatic carbocycles. The summed E-state index contributed by atoms with van der Waals surface area (Å²) >= 11 is 0. The summed E-state index contributed by atoms with van der Waals surface area (Å²) < 4.78 is 5.33. The first kappa shape index (κ1) is 21.3. The number of aliphatic carboxylic acids is 1. The Balaban J connectivity index is 2.44. The van der Waals surface area contributed by atoms with Crippen LogP contribution in [0.25, 0.3) is 0 Å². The third-order valence-corrected chi connectivity index (χ3v) is 3.60. The van der Waals surface area contributed by atoms with Crippen LogP contribution in [0, 0.1) is 11.3 Å². The first-order valence-electron chi connectivity index (χ1n) is 8.46. The molecule has 0 atom stereocenters. The molecule has 0 spiro atoms. The smallest absolute Gasteiger partial charge is 0.410 e. The molecule has 0 bridgehead atoms. The van der Waals surface area contributed by atoms with Gasteiger partial charge in [-0.1, -0.05) is 0 Å². The lowest BCUT2D eigenvalue weighted by atomic mass is 10.1. The summed E-state index contributed by atoms with van der Waals surface area (Å²) in [5.41, 5.74) is -0.657. The van der Waals surface area contributed by atoms with Gasteiger partial charge in [0.05, 0.1) is 6.42 Å². The molecule has 0 aliphatic carbocycles. The lowest BCUT2D eigenvalue weighted by Crippen LogP contribution is -2.45. The van der Waals surface area contributed by atoms with Gasteiger partial charge < -0.3 is 25.4 Å². The van der Waals surface area contributed by atoms with Crippen LogP contribution in [0.5, 0.6) is 0 Å². The molecular weight excluding hydrogens is 340 g/mol. The molecule has 9 nitrogen and oxygen atoms in total. The van der Waals surface area contributed by atoms with Crippen molar-refractivity contribution in [1.29, 1.82) is 5.26 Å². The van der Waals surface area contributed by atoms with E-state index in [0.29, 0.717) is 25.9 Å². The van der Waals surface area contributed by atoms with Crippen molar-refractivity contribution in [3.63, 3.8) is 0 Å². The predicted molar refractivity (Wildman–Crippen MR) is 92.9 cm³/mol. The number of carbonyl (C=O) groups is 3. The topological polar surface area (TPSA) is 132 Å². The average molecular weight is 366 g/mol. The van der Waals surface area contributed by atoms with E-state index in [9.17, 15) is 14.4 Å². The number of likely N-dealkylation sites (tertiary alicyclic amines) is 1. The van der Waals surface area contributed by atoms with Gasteiger partial charge in [-0.3, -0.25) is 9.59 Å². The molecule has 1 heterocycles. The van der Waals surface area contributed by atoms with Crippen LogP contribution in [0.4, 0.5) is 4.79 Å². The molecule has 1 aliphatic rings. The molecule has 2 amide bonds. The van der Waals surface area contributed by atoms with Gasteiger partial charge in [-0.15, -0.1) is 0 Å². The third kappa shape index (κ3) is 7.88. The largest absolute Gasteiger partial charge is 0.481 e. The fraction of sp³-hybridized carbons (Fsp3) is 0.647. The van der Waals surface area contributed by atoms with Crippen molar-refractivity contribution in [3.8, 4) is 6.07 Å². The maximum Gasteiger partial charge on any atom is 0.410 e. The second-order valence-corrected chi connectivity index (χ2v) is 6.98. The van der Waals surface area contributed by atoms with Crippen LogP contribution in [-0.4, -0.2) is 59.3 Å². The van der Waals surface area contributed by atoms with E-state index in [-0.39, 0.29) is 30.7 Å². The molecule has 0 unspecified atom stereocenters. The normalized spacial score (nSPS) is 15.8.